The predicted molar refractivity (Wildman–Crippen MR) is 140 cm³/mol. The molecule has 3 aromatic carbocycles. The maximum atomic E-state index is 13.6. The molecule has 1 amide bonds. The van der Waals surface area contributed by atoms with Gasteiger partial charge in [-0.05, 0) is 78.6 Å². The first-order chi connectivity index (χ1) is 17.0. The van der Waals surface area contributed by atoms with Crippen molar-refractivity contribution < 1.29 is 9.59 Å². The van der Waals surface area contributed by atoms with Crippen LogP contribution in [0.15, 0.2) is 83.7 Å². The maximum Gasteiger partial charge on any atom is 0.270 e. The van der Waals surface area contributed by atoms with Gasteiger partial charge in [-0.2, -0.15) is 0 Å². The van der Waals surface area contributed by atoms with E-state index in [0.29, 0.717) is 28.2 Å². The van der Waals surface area contributed by atoms with Crippen molar-refractivity contribution in [3.8, 4) is 0 Å². The zero-order valence-electron chi connectivity index (χ0n) is 19.4. The number of carbonyl (C=O) groups excluding carboxylic acids is 2. The van der Waals surface area contributed by atoms with Gasteiger partial charge in [0.15, 0.2) is 0 Å². The number of nitrogens with zero attached hydrogens (tertiary/aromatic N) is 2. The predicted octanol–water partition coefficient (Wildman–Crippen LogP) is 5.77. The van der Waals surface area contributed by atoms with E-state index in [0.717, 1.165) is 18.4 Å². The average molecular weight is 485 g/mol. The molecule has 4 aromatic rings. The highest BCUT2D eigenvalue weighted by molar-refractivity contribution is 6.30. The lowest BCUT2D eigenvalue weighted by Gasteiger charge is -2.22. The van der Waals surface area contributed by atoms with E-state index in [1.807, 2.05) is 67.6 Å². The smallest absolute Gasteiger partial charge is 0.270 e. The molecule has 0 saturated heterocycles. The number of rotatable bonds is 5. The first-order valence-corrected chi connectivity index (χ1v) is 12.2. The van der Waals surface area contributed by atoms with Crippen LogP contribution in [0.1, 0.15) is 39.6 Å². The van der Waals surface area contributed by atoms with Gasteiger partial charge in [-0.3, -0.25) is 14.4 Å². The molecule has 0 fully saturated rings. The molecule has 0 spiro atoms. The van der Waals surface area contributed by atoms with E-state index in [-0.39, 0.29) is 23.8 Å². The van der Waals surface area contributed by atoms with E-state index in [1.54, 1.807) is 23.1 Å². The van der Waals surface area contributed by atoms with Crippen LogP contribution in [0.5, 0.6) is 0 Å². The SMILES string of the molecule is CCN(C(=O)c1cc2ccccc2n(C(=O)CC2Cc3ccc(Cl)cc3C2)c1=O)c1ccccc1. The second kappa shape index (κ2) is 9.51. The van der Waals surface area contributed by atoms with Crippen molar-refractivity contribution in [3.63, 3.8) is 0 Å². The molecule has 1 heterocycles. The molecule has 5 rings (SSSR count). The molecule has 5 nitrogen and oxygen atoms in total. The summed E-state index contributed by atoms with van der Waals surface area (Å²) in [4.78, 5) is 42.3. The first kappa shape index (κ1) is 23.1. The average Bonchev–Trinajstić information content (AvgIpc) is 3.25. The molecule has 0 radical (unpaired) electrons. The van der Waals surface area contributed by atoms with Gasteiger partial charge >= 0.3 is 0 Å². The van der Waals surface area contributed by atoms with Crippen molar-refractivity contribution >= 4 is 40.0 Å². The van der Waals surface area contributed by atoms with Crippen molar-refractivity contribution in [2.45, 2.75) is 26.2 Å². The molecule has 0 bridgehead atoms. The summed E-state index contributed by atoms with van der Waals surface area (Å²) < 4.78 is 1.19. The molecular formula is C29H25ClN2O3. The topological polar surface area (TPSA) is 59.4 Å². The zero-order valence-corrected chi connectivity index (χ0v) is 20.2. The number of pyridine rings is 1. The highest BCUT2D eigenvalue weighted by atomic mass is 35.5. The van der Waals surface area contributed by atoms with Crippen LogP contribution in [-0.4, -0.2) is 22.9 Å². The number of hydrogen-bond donors (Lipinski definition) is 0. The lowest BCUT2D eigenvalue weighted by Crippen LogP contribution is -2.38. The number of para-hydroxylation sites is 2. The summed E-state index contributed by atoms with van der Waals surface area (Å²) in [7, 11) is 0. The van der Waals surface area contributed by atoms with E-state index < -0.39 is 11.5 Å². The van der Waals surface area contributed by atoms with Crippen molar-refractivity contribution in [1.82, 2.24) is 4.57 Å². The molecule has 1 aromatic heterocycles. The quantitative estimate of drug-likeness (QED) is 0.361. The zero-order chi connectivity index (χ0) is 24.5. The molecule has 176 valence electrons. The maximum absolute atomic E-state index is 13.6. The van der Waals surface area contributed by atoms with E-state index in [1.165, 1.54) is 10.1 Å². The summed E-state index contributed by atoms with van der Waals surface area (Å²) in [5.74, 6) is -0.635. The van der Waals surface area contributed by atoms with Crippen LogP contribution in [0.3, 0.4) is 0 Å². The van der Waals surface area contributed by atoms with Crippen LogP contribution >= 0.6 is 11.6 Å². The normalized spacial score (nSPS) is 14.6. The molecule has 1 atom stereocenters. The molecule has 6 heteroatoms. The van der Waals surface area contributed by atoms with E-state index >= 15 is 0 Å². The van der Waals surface area contributed by atoms with Crippen LogP contribution in [0.25, 0.3) is 10.9 Å². The summed E-state index contributed by atoms with van der Waals surface area (Å²) in [6, 6.07) is 23.8. The Morgan fingerprint density at radius 1 is 0.943 bits per heavy atom. The summed E-state index contributed by atoms with van der Waals surface area (Å²) in [5, 5.41) is 1.36. The van der Waals surface area contributed by atoms with Crippen LogP contribution in [0.4, 0.5) is 5.69 Å². The fraction of sp³-hybridized carbons (Fsp3) is 0.207. The molecule has 1 aliphatic rings. The Morgan fingerprint density at radius 3 is 2.43 bits per heavy atom. The van der Waals surface area contributed by atoms with Crippen LogP contribution in [0, 0.1) is 5.92 Å². The fourth-order valence-corrected chi connectivity index (χ4v) is 5.21. The second-order valence-corrected chi connectivity index (χ2v) is 9.36. The third-order valence-electron chi connectivity index (χ3n) is 6.67. The van der Waals surface area contributed by atoms with Gasteiger partial charge in [0.25, 0.3) is 11.5 Å². The van der Waals surface area contributed by atoms with Gasteiger partial charge < -0.3 is 4.90 Å². The lowest BCUT2D eigenvalue weighted by atomic mass is 10.0. The van der Waals surface area contributed by atoms with Crippen molar-refractivity contribution in [2.75, 3.05) is 11.4 Å². The molecule has 35 heavy (non-hydrogen) atoms. The minimum Gasteiger partial charge on any atom is -0.308 e. The second-order valence-electron chi connectivity index (χ2n) is 8.93. The Balaban J connectivity index is 1.52. The Bertz CT molecular complexity index is 1490. The van der Waals surface area contributed by atoms with E-state index in [9.17, 15) is 14.4 Å². The van der Waals surface area contributed by atoms with Gasteiger partial charge in [0.2, 0.25) is 5.91 Å². The molecule has 0 aliphatic heterocycles. The largest absolute Gasteiger partial charge is 0.308 e. The van der Waals surface area contributed by atoms with Crippen molar-refractivity contribution in [1.29, 1.82) is 0 Å². The number of anilines is 1. The van der Waals surface area contributed by atoms with Gasteiger partial charge in [-0.25, -0.2) is 4.57 Å². The molecule has 1 aliphatic carbocycles. The number of benzene rings is 3. The Kier molecular flexibility index (Phi) is 6.27. The molecule has 1 unspecified atom stereocenters. The Labute approximate surface area is 208 Å². The summed E-state index contributed by atoms with van der Waals surface area (Å²) in [6.07, 6.45) is 1.72. The van der Waals surface area contributed by atoms with Gasteiger partial charge in [-0.15, -0.1) is 0 Å². The summed E-state index contributed by atoms with van der Waals surface area (Å²) >= 11 is 6.14. The minimum atomic E-state index is -0.577. The number of aromatic nitrogens is 1. The number of halogens is 1. The van der Waals surface area contributed by atoms with E-state index in [2.05, 4.69) is 0 Å². The van der Waals surface area contributed by atoms with Crippen molar-refractivity contribution in [2.24, 2.45) is 5.92 Å². The standard InChI is InChI=1S/C29H25ClN2O3/c1-2-31(24-9-4-3-5-10-24)28(34)25-18-21-8-6-7-11-26(21)32(29(25)35)27(33)16-19-14-20-12-13-23(30)17-22(20)15-19/h3-13,17-19H,2,14-16H2,1H3. The Hall–Kier alpha value is -3.70. The summed E-state index contributed by atoms with van der Waals surface area (Å²) in [5.41, 5.74) is 2.97. The van der Waals surface area contributed by atoms with E-state index in [4.69, 9.17) is 11.6 Å². The molecular weight excluding hydrogens is 460 g/mol. The van der Waals surface area contributed by atoms with Crippen molar-refractivity contribution in [3.05, 3.63) is 111 Å². The monoisotopic (exact) mass is 484 g/mol. The van der Waals surface area contributed by atoms with Crippen LogP contribution < -0.4 is 10.5 Å². The molecule has 0 N–H and O–H groups in total. The number of carbonyl (C=O) groups is 2. The van der Waals surface area contributed by atoms with Crippen LogP contribution in [0.2, 0.25) is 5.02 Å². The third-order valence-corrected chi connectivity index (χ3v) is 6.90. The highest BCUT2D eigenvalue weighted by Crippen LogP contribution is 2.31. The highest BCUT2D eigenvalue weighted by Gasteiger charge is 2.28. The van der Waals surface area contributed by atoms with Gasteiger partial charge in [0.05, 0.1) is 5.52 Å². The fourth-order valence-electron chi connectivity index (χ4n) is 5.02. The number of hydrogen-bond acceptors (Lipinski definition) is 3. The number of amides is 1. The van der Waals surface area contributed by atoms with Crippen LogP contribution in [-0.2, 0) is 12.8 Å². The first-order valence-electron chi connectivity index (χ1n) is 11.8. The minimum absolute atomic E-state index is 0.00996. The lowest BCUT2D eigenvalue weighted by molar-refractivity contribution is 0.0882. The van der Waals surface area contributed by atoms with Gasteiger partial charge in [-0.1, -0.05) is 54.1 Å². The molecule has 0 saturated carbocycles. The van der Waals surface area contributed by atoms with Gasteiger partial charge in [0, 0.05) is 23.7 Å². The van der Waals surface area contributed by atoms with Gasteiger partial charge in [0.1, 0.15) is 5.56 Å². The Morgan fingerprint density at radius 2 is 1.66 bits per heavy atom. The number of fused-ring (bicyclic) bond motifs is 2. The third kappa shape index (κ3) is 4.40. The summed E-state index contributed by atoms with van der Waals surface area (Å²) in [6.45, 7) is 2.26.